The van der Waals surface area contributed by atoms with Crippen molar-refractivity contribution in [2.45, 2.75) is 40.8 Å². The maximum absolute atomic E-state index is 12.0. The summed E-state index contributed by atoms with van der Waals surface area (Å²) >= 11 is 0. The van der Waals surface area contributed by atoms with Gasteiger partial charge in [-0.15, -0.1) is 0 Å². The Morgan fingerprint density at radius 1 is 0.938 bits per heavy atom. The Hall–Kier alpha value is -1.19. The number of phenols is 1. The number of benzene rings is 1. The summed E-state index contributed by atoms with van der Waals surface area (Å²) in [5.74, 6) is -0.359. The summed E-state index contributed by atoms with van der Waals surface area (Å²) in [5, 5.41) is 8.86. The lowest BCUT2D eigenvalue weighted by Gasteiger charge is -2.07. The highest BCUT2D eigenvalue weighted by Gasteiger charge is 2.30. The molecule has 0 aliphatic rings. The van der Waals surface area contributed by atoms with Crippen LogP contribution in [0.1, 0.15) is 38.8 Å². The summed E-state index contributed by atoms with van der Waals surface area (Å²) in [7, 11) is 0. The molecule has 1 rings (SSSR count). The van der Waals surface area contributed by atoms with E-state index in [0.29, 0.717) is 11.6 Å². The largest absolute Gasteiger partial charge is 0.508 e. The van der Waals surface area contributed by atoms with Crippen LogP contribution >= 0.6 is 0 Å². The van der Waals surface area contributed by atoms with E-state index in [9.17, 15) is 13.2 Å². The third-order valence-electron chi connectivity index (χ3n) is 1.39. The predicted molar refractivity (Wildman–Crippen MR) is 60.5 cm³/mol. The molecule has 0 saturated carbocycles. The third kappa shape index (κ3) is 6.32. The maximum atomic E-state index is 12.0. The fourth-order valence-corrected chi connectivity index (χ4v) is 0.927. The van der Waals surface area contributed by atoms with Crippen molar-refractivity contribution in [1.29, 1.82) is 0 Å². The normalized spacial score (nSPS) is 9.50. The zero-order valence-corrected chi connectivity index (χ0v) is 10.3. The van der Waals surface area contributed by atoms with Crippen molar-refractivity contribution < 1.29 is 18.3 Å². The minimum absolute atomic E-state index is 0.359. The lowest BCUT2D eigenvalue weighted by Crippen LogP contribution is -2.04. The van der Waals surface area contributed by atoms with E-state index >= 15 is 0 Å². The minimum atomic E-state index is -4.39. The molecule has 0 bridgehead atoms. The molecule has 0 spiro atoms. The molecule has 0 saturated heterocycles. The van der Waals surface area contributed by atoms with Gasteiger partial charge < -0.3 is 5.11 Å². The van der Waals surface area contributed by atoms with Crippen LogP contribution in [0.4, 0.5) is 13.2 Å². The van der Waals surface area contributed by atoms with Crippen molar-refractivity contribution in [1.82, 2.24) is 0 Å². The van der Waals surface area contributed by atoms with Gasteiger partial charge in [0.15, 0.2) is 0 Å². The number of alkyl halides is 3. The van der Waals surface area contributed by atoms with E-state index in [-0.39, 0.29) is 5.75 Å². The van der Waals surface area contributed by atoms with E-state index in [1.807, 2.05) is 27.7 Å². The fraction of sp³-hybridized carbons (Fsp3) is 0.500. The SMILES string of the molecule is CC.CC.Cc1cc(O)cc(C(F)(F)F)c1. The first-order valence-electron chi connectivity index (χ1n) is 5.27. The van der Waals surface area contributed by atoms with E-state index in [4.69, 9.17) is 5.11 Å². The van der Waals surface area contributed by atoms with Gasteiger partial charge >= 0.3 is 6.18 Å². The molecule has 0 radical (unpaired) electrons. The molecule has 0 amide bonds. The van der Waals surface area contributed by atoms with Crippen molar-refractivity contribution in [2.75, 3.05) is 0 Å². The number of halogens is 3. The van der Waals surface area contributed by atoms with Crippen molar-refractivity contribution in [3.8, 4) is 5.75 Å². The maximum Gasteiger partial charge on any atom is 0.416 e. The Balaban J connectivity index is 0. The highest BCUT2D eigenvalue weighted by Crippen LogP contribution is 2.31. The van der Waals surface area contributed by atoms with E-state index in [0.717, 1.165) is 6.07 Å². The number of aryl methyl sites for hydroxylation is 1. The standard InChI is InChI=1S/C8H7F3O.2C2H6/c1-5-2-6(8(9,10)11)4-7(12)3-5;2*1-2/h2-4,12H,1H3;2*1-2H3. The van der Waals surface area contributed by atoms with Gasteiger partial charge in [0.1, 0.15) is 5.75 Å². The molecule has 0 atom stereocenters. The number of aromatic hydroxyl groups is 1. The highest BCUT2D eigenvalue weighted by molar-refractivity contribution is 5.34. The van der Waals surface area contributed by atoms with Gasteiger partial charge in [0, 0.05) is 0 Å². The molecule has 0 fully saturated rings. The van der Waals surface area contributed by atoms with Crippen molar-refractivity contribution in [2.24, 2.45) is 0 Å². The van der Waals surface area contributed by atoms with Crippen LogP contribution in [0.5, 0.6) is 5.75 Å². The predicted octanol–water partition coefficient (Wildman–Crippen LogP) is 4.77. The first-order chi connectivity index (χ1) is 7.39. The lowest BCUT2D eigenvalue weighted by molar-refractivity contribution is -0.137. The average Bonchev–Trinajstić information content (AvgIpc) is 2.21. The first-order valence-corrected chi connectivity index (χ1v) is 5.27. The Bertz CT molecular complexity index is 273. The Kier molecular flexibility index (Phi) is 8.63. The van der Waals surface area contributed by atoms with Crippen LogP contribution in [0.25, 0.3) is 0 Å². The minimum Gasteiger partial charge on any atom is -0.508 e. The van der Waals surface area contributed by atoms with E-state index in [1.165, 1.54) is 13.0 Å². The number of hydrogen-bond acceptors (Lipinski definition) is 1. The molecule has 0 heterocycles. The summed E-state index contributed by atoms with van der Waals surface area (Å²) in [6.07, 6.45) is -4.39. The van der Waals surface area contributed by atoms with Crippen LogP contribution in [0.2, 0.25) is 0 Å². The second kappa shape index (κ2) is 8.02. The van der Waals surface area contributed by atoms with Gasteiger partial charge in [0.2, 0.25) is 0 Å². The summed E-state index contributed by atoms with van der Waals surface area (Å²) in [6, 6.07) is 2.96. The summed E-state index contributed by atoms with van der Waals surface area (Å²) in [6.45, 7) is 9.50. The molecule has 0 aliphatic heterocycles. The van der Waals surface area contributed by atoms with E-state index in [2.05, 4.69) is 0 Å². The topological polar surface area (TPSA) is 20.2 Å². The van der Waals surface area contributed by atoms with Gasteiger partial charge in [-0.2, -0.15) is 13.2 Å². The number of phenolic OH excluding ortho intramolecular Hbond substituents is 1. The zero-order chi connectivity index (χ0) is 13.4. The quantitative estimate of drug-likeness (QED) is 0.687. The number of hydrogen-bond donors (Lipinski definition) is 1. The molecule has 0 aliphatic carbocycles. The smallest absolute Gasteiger partial charge is 0.416 e. The summed E-state index contributed by atoms with van der Waals surface area (Å²) < 4.78 is 36.1. The van der Waals surface area contributed by atoms with Gasteiger partial charge in [-0.3, -0.25) is 0 Å². The first kappa shape index (κ1) is 17.2. The molecular formula is C12H19F3O. The van der Waals surface area contributed by atoms with Crippen LogP contribution in [-0.4, -0.2) is 5.11 Å². The second-order valence-electron chi connectivity index (χ2n) is 2.55. The van der Waals surface area contributed by atoms with Crippen molar-refractivity contribution >= 4 is 0 Å². The van der Waals surface area contributed by atoms with Crippen molar-refractivity contribution in [3.63, 3.8) is 0 Å². The molecule has 4 heteroatoms. The molecule has 1 N–H and O–H groups in total. The zero-order valence-electron chi connectivity index (χ0n) is 10.3. The summed E-state index contributed by atoms with van der Waals surface area (Å²) in [5.41, 5.74) is -0.428. The monoisotopic (exact) mass is 236 g/mol. The van der Waals surface area contributed by atoms with Crippen LogP contribution in [0.3, 0.4) is 0 Å². The molecule has 1 aromatic carbocycles. The van der Waals surface area contributed by atoms with Crippen LogP contribution in [-0.2, 0) is 6.18 Å². The second-order valence-corrected chi connectivity index (χ2v) is 2.55. The van der Waals surface area contributed by atoms with Gasteiger partial charge in [0.05, 0.1) is 5.56 Å². The van der Waals surface area contributed by atoms with Gasteiger partial charge in [0.25, 0.3) is 0 Å². The van der Waals surface area contributed by atoms with E-state index in [1.54, 1.807) is 0 Å². The molecule has 1 nitrogen and oxygen atoms in total. The Labute approximate surface area is 94.9 Å². The van der Waals surface area contributed by atoms with Gasteiger partial charge in [-0.05, 0) is 30.7 Å². The molecule has 94 valence electrons. The third-order valence-corrected chi connectivity index (χ3v) is 1.39. The highest BCUT2D eigenvalue weighted by atomic mass is 19.4. The average molecular weight is 236 g/mol. The van der Waals surface area contributed by atoms with Crippen molar-refractivity contribution in [3.05, 3.63) is 29.3 Å². The Morgan fingerprint density at radius 2 is 1.38 bits per heavy atom. The molecule has 0 aromatic heterocycles. The van der Waals surface area contributed by atoms with Crippen LogP contribution < -0.4 is 0 Å². The number of rotatable bonds is 0. The van der Waals surface area contributed by atoms with Gasteiger partial charge in [-0.1, -0.05) is 27.7 Å². The lowest BCUT2D eigenvalue weighted by atomic mass is 10.1. The van der Waals surface area contributed by atoms with Crippen LogP contribution in [0.15, 0.2) is 18.2 Å². The van der Waals surface area contributed by atoms with Gasteiger partial charge in [-0.25, -0.2) is 0 Å². The fourth-order valence-electron chi connectivity index (χ4n) is 0.927. The van der Waals surface area contributed by atoms with E-state index < -0.39 is 11.7 Å². The molecule has 16 heavy (non-hydrogen) atoms. The molecular weight excluding hydrogens is 217 g/mol. The summed E-state index contributed by atoms with van der Waals surface area (Å²) in [4.78, 5) is 0. The van der Waals surface area contributed by atoms with Crippen LogP contribution in [0, 0.1) is 6.92 Å². The molecule has 1 aromatic rings. The Morgan fingerprint density at radius 3 is 1.69 bits per heavy atom. The molecule has 0 unspecified atom stereocenters.